The molecule has 13 aromatic rings. The minimum absolute atomic E-state index is 0.0194. The fourth-order valence-electron chi connectivity index (χ4n) is 14.4. The van der Waals surface area contributed by atoms with Crippen LogP contribution in [0.15, 0.2) is 279 Å². The van der Waals surface area contributed by atoms with E-state index in [2.05, 4.69) is 344 Å². The summed E-state index contributed by atoms with van der Waals surface area (Å²) in [5.41, 5.74) is 29.1. The van der Waals surface area contributed by atoms with Crippen LogP contribution in [-0.4, -0.2) is 4.57 Å². The number of anilines is 3. The van der Waals surface area contributed by atoms with Gasteiger partial charge in [-0.1, -0.05) is 262 Å². The van der Waals surface area contributed by atoms with E-state index in [0.717, 1.165) is 22.7 Å². The van der Waals surface area contributed by atoms with E-state index in [-0.39, 0.29) is 16.2 Å². The van der Waals surface area contributed by atoms with Crippen LogP contribution in [0.2, 0.25) is 0 Å². The Bertz CT molecular complexity index is 4720. The molecule has 2 nitrogen and oxygen atoms in total. The van der Waals surface area contributed by atoms with Crippen molar-refractivity contribution in [3.8, 4) is 61.3 Å². The van der Waals surface area contributed by atoms with Crippen LogP contribution in [0.3, 0.4) is 0 Å². The standard InChI is InChI=1S/C84H70N2/c1-81(2,3)63-38-45-72-71-44-36-59(51-77(71)84(78(72)53-63,61-24-14-10-15-25-61)62-26-16-11-17-27-62)60-48-64(82(4,5)6)52-68(49-60)86-79-31-21-19-29-73(79)74-50-58(37-47-80(74)86)57-34-41-66(42-35-57)85(65-39-32-56(33-40-65)55-22-12-9-13-23-55)67-43-46-70-69-28-18-20-30-75(69)83(7,8)76(70)54-67/h9-54H,1-8H3. The molecule has 15 rings (SSSR count). The van der Waals surface area contributed by atoms with Gasteiger partial charge >= 0.3 is 0 Å². The van der Waals surface area contributed by atoms with E-state index in [1.807, 2.05) is 0 Å². The molecule has 0 N–H and O–H groups in total. The summed E-state index contributed by atoms with van der Waals surface area (Å²) in [5, 5.41) is 2.46. The molecule has 0 unspecified atom stereocenters. The summed E-state index contributed by atoms with van der Waals surface area (Å²) in [6.07, 6.45) is 0. The highest BCUT2D eigenvalue weighted by molar-refractivity contribution is 6.10. The molecular weight excluding hydrogens is 1040 g/mol. The maximum Gasteiger partial charge on any atom is 0.0713 e. The summed E-state index contributed by atoms with van der Waals surface area (Å²) in [6.45, 7) is 18.7. The summed E-state index contributed by atoms with van der Waals surface area (Å²) in [4.78, 5) is 2.42. The van der Waals surface area contributed by atoms with Crippen molar-refractivity contribution in [1.82, 2.24) is 4.57 Å². The molecule has 2 heteroatoms. The normalized spacial score (nSPS) is 13.8. The minimum Gasteiger partial charge on any atom is -0.310 e. The van der Waals surface area contributed by atoms with Gasteiger partial charge in [-0.15, -0.1) is 0 Å². The first-order chi connectivity index (χ1) is 41.6. The number of fused-ring (bicyclic) bond motifs is 9. The second-order valence-electron chi connectivity index (χ2n) is 26.6. The van der Waals surface area contributed by atoms with Crippen LogP contribution in [0.5, 0.6) is 0 Å². The van der Waals surface area contributed by atoms with Crippen molar-refractivity contribution in [2.45, 2.75) is 77.0 Å². The average Bonchev–Trinajstić information content (AvgIpc) is 1.64. The summed E-state index contributed by atoms with van der Waals surface area (Å²) in [6, 6.07) is 105. The number of rotatable bonds is 9. The molecule has 1 heterocycles. The van der Waals surface area contributed by atoms with Gasteiger partial charge in [-0.2, -0.15) is 0 Å². The van der Waals surface area contributed by atoms with E-state index in [9.17, 15) is 0 Å². The quantitative estimate of drug-likeness (QED) is 0.140. The van der Waals surface area contributed by atoms with Crippen LogP contribution in [0.25, 0.3) is 83.1 Å². The molecule has 0 saturated heterocycles. The number of nitrogens with zero attached hydrogens (tertiary/aromatic N) is 2. The minimum atomic E-state index is -0.526. The summed E-state index contributed by atoms with van der Waals surface area (Å²) in [5.74, 6) is 0. The average molecular weight is 1110 g/mol. The molecule has 0 fully saturated rings. The number of hydrogen-bond donors (Lipinski definition) is 0. The topological polar surface area (TPSA) is 8.17 Å². The molecule has 2 aliphatic rings. The van der Waals surface area contributed by atoms with Gasteiger partial charge in [0.1, 0.15) is 0 Å². The predicted octanol–water partition coefficient (Wildman–Crippen LogP) is 22.5. The molecule has 0 atom stereocenters. The van der Waals surface area contributed by atoms with Gasteiger partial charge in [0, 0.05) is 38.9 Å². The highest BCUT2D eigenvalue weighted by atomic mass is 15.1. The van der Waals surface area contributed by atoms with E-state index in [1.54, 1.807) is 0 Å². The second kappa shape index (κ2) is 19.9. The number of hydrogen-bond acceptors (Lipinski definition) is 1. The first-order valence-corrected chi connectivity index (χ1v) is 30.6. The Balaban J connectivity index is 0.838. The lowest BCUT2D eigenvalue weighted by atomic mass is 9.66. The van der Waals surface area contributed by atoms with Crippen molar-refractivity contribution < 1.29 is 0 Å². The van der Waals surface area contributed by atoms with Crippen LogP contribution >= 0.6 is 0 Å². The maximum atomic E-state index is 2.52. The third-order valence-corrected chi connectivity index (χ3v) is 19.0. The summed E-state index contributed by atoms with van der Waals surface area (Å²) in [7, 11) is 0. The molecular formula is C84H70N2. The molecule has 0 radical (unpaired) electrons. The fraction of sp³-hybridized carbons (Fsp3) is 0.143. The van der Waals surface area contributed by atoms with Gasteiger partial charge in [-0.25, -0.2) is 0 Å². The lowest BCUT2D eigenvalue weighted by Gasteiger charge is -2.35. The van der Waals surface area contributed by atoms with E-state index in [4.69, 9.17) is 0 Å². The number of aromatic nitrogens is 1. The SMILES string of the molecule is CC(C)(C)c1cc(-c2ccc3c(c2)C(c2ccccc2)(c2ccccc2)c2cc(C(C)(C)C)ccc2-3)cc(-n2c3ccccc3c3cc(-c4ccc(N(c5ccc(-c6ccccc6)cc5)c5ccc6c(c5)C(C)(C)c5ccccc5-6)cc4)ccc32)c1. The van der Waals surface area contributed by atoms with Gasteiger partial charge in [0.15, 0.2) is 0 Å². The van der Waals surface area contributed by atoms with Crippen molar-refractivity contribution in [3.63, 3.8) is 0 Å². The van der Waals surface area contributed by atoms with Crippen LogP contribution in [0, 0.1) is 0 Å². The zero-order valence-corrected chi connectivity index (χ0v) is 50.5. The van der Waals surface area contributed by atoms with Crippen molar-refractivity contribution in [1.29, 1.82) is 0 Å². The van der Waals surface area contributed by atoms with Crippen LogP contribution in [0.4, 0.5) is 17.1 Å². The van der Waals surface area contributed by atoms with Gasteiger partial charge in [0.2, 0.25) is 0 Å². The number of benzene rings is 12. The molecule has 0 saturated carbocycles. The molecule has 86 heavy (non-hydrogen) atoms. The Kier molecular flexibility index (Phi) is 12.3. The smallest absolute Gasteiger partial charge is 0.0713 e. The molecule has 1 aromatic heterocycles. The van der Waals surface area contributed by atoms with E-state index >= 15 is 0 Å². The molecule has 0 spiro atoms. The van der Waals surface area contributed by atoms with Crippen LogP contribution < -0.4 is 4.90 Å². The molecule has 416 valence electrons. The van der Waals surface area contributed by atoms with Gasteiger partial charge in [-0.05, 0) is 184 Å². The molecule has 0 aliphatic heterocycles. The van der Waals surface area contributed by atoms with Crippen molar-refractivity contribution in [3.05, 3.63) is 324 Å². The summed E-state index contributed by atoms with van der Waals surface area (Å²) < 4.78 is 2.50. The second-order valence-corrected chi connectivity index (χ2v) is 26.6. The van der Waals surface area contributed by atoms with Crippen molar-refractivity contribution in [2.24, 2.45) is 0 Å². The van der Waals surface area contributed by atoms with E-state index < -0.39 is 5.41 Å². The van der Waals surface area contributed by atoms with Crippen LogP contribution in [0.1, 0.15) is 99.9 Å². The third kappa shape index (κ3) is 8.52. The Morgan fingerprint density at radius 3 is 1.44 bits per heavy atom. The fourth-order valence-corrected chi connectivity index (χ4v) is 14.4. The highest BCUT2D eigenvalue weighted by Gasteiger charge is 2.47. The Morgan fingerprint density at radius 1 is 0.302 bits per heavy atom. The highest BCUT2D eigenvalue weighted by Crippen LogP contribution is 2.58. The van der Waals surface area contributed by atoms with Crippen molar-refractivity contribution >= 4 is 38.9 Å². The van der Waals surface area contributed by atoms with Gasteiger partial charge in [0.05, 0.1) is 16.4 Å². The maximum absolute atomic E-state index is 2.52. The predicted molar refractivity (Wildman–Crippen MR) is 364 cm³/mol. The largest absolute Gasteiger partial charge is 0.310 e. The monoisotopic (exact) mass is 1110 g/mol. The first kappa shape index (κ1) is 53.0. The van der Waals surface area contributed by atoms with E-state index in [0.29, 0.717) is 0 Å². The van der Waals surface area contributed by atoms with Crippen molar-refractivity contribution in [2.75, 3.05) is 4.90 Å². The molecule has 0 bridgehead atoms. The number of para-hydroxylation sites is 1. The zero-order valence-electron chi connectivity index (χ0n) is 50.5. The Labute approximate surface area is 507 Å². The molecule has 12 aromatic carbocycles. The van der Waals surface area contributed by atoms with Gasteiger partial charge in [-0.3, -0.25) is 0 Å². The lowest BCUT2D eigenvalue weighted by molar-refractivity contribution is 0.588. The first-order valence-electron chi connectivity index (χ1n) is 30.6. The van der Waals surface area contributed by atoms with Gasteiger partial charge < -0.3 is 9.47 Å². The Hall–Kier alpha value is -9.76. The molecule has 2 aliphatic carbocycles. The Morgan fingerprint density at radius 2 is 0.779 bits per heavy atom. The van der Waals surface area contributed by atoms with Gasteiger partial charge in [0.25, 0.3) is 0 Å². The zero-order chi connectivity index (χ0) is 58.7. The van der Waals surface area contributed by atoms with Crippen LogP contribution in [-0.2, 0) is 21.7 Å². The molecule has 0 amide bonds. The summed E-state index contributed by atoms with van der Waals surface area (Å²) >= 11 is 0. The lowest BCUT2D eigenvalue weighted by Crippen LogP contribution is -2.29. The third-order valence-electron chi connectivity index (χ3n) is 19.0. The van der Waals surface area contributed by atoms with E-state index in [1.165, 1.54) is 122 Å².